The van der Waals surface area contributed by atoms with E-state index >= 15 is 0 Å². The van der Waals surface area contributed by atoms with Crippen molar-refractivity contribution < 1.29 is 14.3 Å². The third-order valence-corrected chi connectivity index (χ3v) is 3.80. The van der Waals surface area contributed by atoms with Gasteiger partial charge in [0.15, 0.2) is 11.5 Å². The third kappa shape index (κ3) is 5.74. The van der Waals surface area contributed by atoms with E-state index in [4.69, 9.17) is 9.47 Å². The molecule has 0 radical (unpaired) electrons. The van der Waals surface area contributed by atoms with Crippen molar-refractivity contribution in [3.05, 3.63) is 18.2 Å². The zero-order valence-corrected chi connectivity index (χ0v) is 13.2. The molecular formula is C15H23NO3S. The minimum absolute atomic E-state index is 0.139. The number of methoxy groups -OCH3 is 2. The Balaban J connectivity index is 2.33. The van der Waals surface area contributed by atoms with Crippen molar-refractivity contribution in [1.82, 2.24) is 5.32 Å². The van der Waals surface area contributed by atoms with E-state index in [0.717, 1.165) is 35.0 Å². The Kier molecular flexibility index (Phi) is 7.95. The van der Waals surface area contributed by atoms with Crippen LogP contribution in [0.2, 0.25) is 0 Å². The Labute approximate surface area is 125 Å². The number of thioether (sulfide) groups is 1. The molecule has 0 aliphatic heterocycles. The zero-order valence-electron chi connectivity index (χ0n) is 12.4. The summed E-state index contributed by atoms with van der Waals surface area (Å²) in [6, 6.07) is 5.83. The topological polar surface area (TPSA) is 47.6 Å². The van der Waals surface area contributed by atoms with E-state index < -0.39 is 0 Å². The fourth-order valence-electron chi connectivity index (χ4n) is 1.69. The summed E-state index contributed by atoms with van der Waals surface area (Å²) >= 11 is 1.68. The highest BCUT2D eigenvalue weighted by Gasteiger charge is 2.05. The van der Waals surface area contributed by atoms with Crippen molar-refractivity contribution >= 4 is 17.7 Å². The quantitative estimate of drug-likeness (QED) is 0.562. The molecule has 0 aliphatic rings. The average Bonchev–Trinajstić information content (AvgIpc) is 2.49. The van der Waals surface area contributed by atoms with Gasteiger partial charge in [-0.05, 0) is 24.6 Å². The van der Waals surface area contributed by atoms with Gasteiger partial charge in [0.2, 0.25) is 5.91 Å². The second-order valence-electron chi connectivity index (χ2n) is 4.32. The smallest absolute Gasteiger partial charge is 0.220 e. The first-order chi connectivity index (χ1) is 9.71. The maximum absolute atomic E-state index is 11.4. The Hall–Kier alpha value is -1.36. The van der Waals surface area contributed by atoms with Gasteiger partial charge in [0.05, 0.1) is 14.2 Å². The van der Waals surface area contributed by atoms with Crippen LogP contribution in [-0.2, 0) is 4.79 Å². The molecular weight excluding hydrogens is 274 g/mol. The highest BCUT2D eigenvalue weighted by Crippen LogP contribution is 2.31. The number of unbranched alkanes of at least 4 members (excludes halogenated alkanes) is 1. The second-order valence-corrected chi connectivity index (χ2v) is 5.49. The number of rotatable bonds is 9. The fraction of sp³-hybridized carbons (Fsp3) is 0.533. The molecule has 0 spiro atoms. The lowest BCUT2D eigenvalue weighted by molar-refractivity contribution is -0.121. The van der Waals surface area contributed by atoms with Crippen molar-refractivity contribution in [3.8, 4) is 11.5 Å². The number of hydrogen-bond donors (Lipinski definition) is 1. The number of hydrogen-bond acceptors (Lipinski definition) is 4. The van der Waals surface area contributed by atoms with Crippen molar-refractivity contribution in [1.29, 1.82) is 0 Å². The average molecular weight is 297 g/mol. The van der Waals surface area contributed by atoms with Gasteiger partial charge in [0.25, 0.3) is 0 Å². The summed E-state index contributed by atoms with van der Waals surface area (Å²) in [5, 5.41) is 2.92. The molecule has 0 aromatic heterocycles. The molecule has 1 aromatic rings. The van der Waals surface area contributed by atoms with E-state index in [1.807, 2.05) is 18.2 Å². The zero-order chi connectivity index (χ0) is 14.8. The van der Waals surface area contributed by atoms with Crippen LogP contribution in [0.25, 0.3) is 0 Å². The van der Waals surface area contributed by atoms with Crippen molar-refractivity contribution in [2.45, 2.75) is 31.1 Å². The summed E-state index contributed by atoms with van der Waals surface area (Å²) in [6.07, 6.45) is 2.62. The molecule has 0 unspecified atom stereocenters. The van der Waals surface area contributed by atoms with E-state index in [0.29, 0.717) is 13.0 Å². The molecule has 0 saturated heterocycles. The second kappa shape index (κ2) is 9.53. The molecule has 1 amide bonds. The first-order valence-corrected chi connectivity index (χ1v) is 7.81. The lowest BCUT2D eigenvalue weighted by Gasteiger charge is -2.09. The highest BCUT2D eigenvalue weighted by molar-refractivity contribution is 7.99. The molecule has 4 nitrogen and oxygen atoms in total. The fourth-order valence-corrected chi connectivity index (χ4v) is 2.49. The first-order valence-electron chi connectivity index (χ1n) is 6.82. The van der Waals surface area contributed by atoms with E-state index in [1.54, 1.807) is 26.0 Å². The first kappa shape index (κ1) is 16.7. The van der Waals surface area contributed by atoms with Crippen LogP contribution in [0.1, 0.15) is 26.2 Å². The molecule has 0 atom stereocenters. The largest absolute Gasteiger partial charge is 0.493 e. The number of ether oxygens (including phenoxy) is 2. The van der Waals surface area contributed by atoms with Crippen molar-refractivity contribution in [2.75, 3.05) is 26.5 Å². The van der Waals surface area contributed by atoms with Crippen LogP contribution in [0.5, 0.6) is 11.5 Å². The number of carbonyl (C=O) groups is 1. The van der Waals surface area contributed by atoms with Crippen LogP contribution >= 0.6 is 11.8 Å². The molecule has 0 heterocycles. The van der Waals surface area contributed by atoms with Gasteiger partial charge >= 0.3 is 0 Å². The van der Waals surface area contributed by atoms with Gasteiger partial charge in [-0.15, -0.1) is 11.8 Å². The SMILES string of the molecule is CCCCC(=O)NCCSc1ccc(OC)c(OC)c1. The molecule has 1 aromatic carbocycles. The van der Waals surface area contributed by atoms with Gasteiger partial charge in [0.1, 0.15) is 0 Å². The molecule has 112 valence electrons. The normalized spacial score (nSPS) is 10.2. The predicted octanol–water partition coefficient (Wildman–Crippen LogP) is 3.10. The number of benzene rings is 1. The summed E-state index contributed by atoms with van der Waals surface area (Å²) in [4.78, 5) is 12.5. The maximum Gasteiger partial charge on any atom is 0.220 e. The summed E-state index contributed by atoms with van der Waals surface area (Å²) in [5.74, 6) is 2.43. The van der Waals surface area contributed by atoms with Gasteiger partial charge in [-0.25, -0.2) is 0 Å². The van der Waals surface area contributed by atoms with E-state index in [9.17, 15) is 4.79 Å². The number of amides is 1. The molecule has 0 bridgehead atoms. The van der Waals surface area contributed by atoms with E-state index in [2.05, 4.69) is 12.2 Å². The van der Waals surface area contributed by atoms with Gasteiger partial charge in [-0.3, -0.25) is 4.79 Å². The van der Waals surface area contributed by atoms with Crippen LogP contribution in [0, 0.1) is 0 Å². The van der Waals surface area contributed by atoms with E-state index in [1.165, 1.54) is 0 Å². The summed E-state index contributed by atoms with van der Waals surface area (Å²) in [5.41, 5.74) is 0. The highest BCUT2D eigenvalue weighted by atomic mass is 32.2. The molecule has 0 saturated carbocycles. The van der Waals surface area contributed by atoms with E-state index in [-0.39, 0.29) is 5.91 Å². The molecule has 0 aliphatic carbocycles. The molecule has 0 fully saturated rings. The van der Waals surface area contributed by atoms with Crippen LogP contribution in [0.4, 0.5) is 0 Å². The monoisotopic (exact) mass is 297 g/mol. The minimum atomic E-state index is 0.139. The van der Waals surface area contributed by atoms with Crippen LogP contribution in [0.3, 0.4) is 0 Å². The maximum atomic E-state index is 11.4. The molecule has 20 heavy (non-hydrogen) atoms. The number of carbonyl (C=O) groups excluding carboxylic acids is 1. The van der Waals surface area contributed by atoms with Crippen LogP contribution in [-0.4, -0.2) is 32.4 Å². The van der Waals surface area contributed by atoms with Gasteiger partial charge in [0, 0.05) is 23.6 Å². The van der Waals surface area contributed by atoms with Crippen molar-refractivity contribution in [2.24, 2.45) is 0 Å². The molecule has 5 heteroatoms. The lowest BCUT2D eigenvalue weighted by Crippen LogP contribution is -2.25. The summed E-state index contributed by atoms with van der Waals surface area (Å²) in [7, 11) is 3.25. The Morgan fingerprint density at radius 2 is 2.00 bits per heavy atom. The predicted molar refractivity (Wildman–Crippen MR) is 82.8 cm³/mol. The minimum Gasteiger partial charge on any atom is -0.493 e. The Morgan fingerprint density at radius 3 is 2.65 bits per heavy atom. The van der Waals surface area contributed by atoms with Crippen LogP contribution in [0.15, 0.2) is 23.1 Å². The van der Waals surface area contributed by atoms with Gasteiger partial charge < -0.3 is 14.8 Å². The summed E-state index contributed by atoms with van der Waals surface area (Å²) in [6.45, 7) is 2.77. The molecule has 1 N–H and O–H groups in total. The van der Waals surface area contributed by atoms with Gasteiger partial charge in [-0.1, -0.05) is 13.3 Å². The van der Waals surface area contributed by atoms with Crippen molar-refractivity contribution in [3.63, 3.8) is 0 Å². The lowest BCUT2D eigenvalue weighted by atomic mass is 10.2. The van der Waals surface area contributed by atoms with Gasteiger partial charge in [-0.2, -0.15) is 0 Å². The third-order valence-electron chi connectivity index (χ3n) is 2.81. The Bertz CT molecular complexity index is 424. The number of nitrogens with one attached hydrogen (secondary N) is 1. The Morgan fingerprint density at radius 1 is 1.25 bits per heavy atom. The summed E-state index contributed by atoms with van der Waals surface area (Å²) < 4.78 is 10.5. The standard InChI is InChI=1S/C15H23NO3S/c1-4-5-6-15(17)16-9-10-20-12-7-8-13(18-2)14(11-12)19-3/h7-8,11H,4-6,9-10H2,1-3H3,(H,16,17). The van der Waals surface area contributed by atoms with Crippen LogP contribution < -0.4 is 14.8 Å². The molecule has 1 rings (SSSR count).